The van der Waals surface area contributed by atoms with E-state index in [-0.39, 0.29) is 5.69 Å². The average Bonchev–Trinajstić information content (AvgIpc) is 2.30. The molecular formula is C12H9IN2O2. The van der Waals surface area contributed by atoms with Gasteiger partial charge in [-0.1, -0.05) is 18.2 Å². The largest absolute Gasteiger partial charge is 0.398 e. The molecule has 5 heteroatoms. The first-order valence-corrected chi connectivity index (χ1v) is 5.96. The van der Waals surface area contributed by atoms with Gasteiger partial charge in [0.05, 0.1) is 4.92 Å². The van der Waals surface area contributed by atoms with Gasteiger partial charge >= 0.3 is 0 Å². The van der Waals surface area contributed by atoms with Crippen LogP contribution in [0.5, 0.6) is 0 Å². The molecule has 0 saturated carbocycles. The van der Waals surface area contributed by atoms with E-state index in [0.29, 0.717) is 5.69 Å². The molecule has 0 unspecified atom stereocenters. The number of halogens is 1. The molecule has 0 aliphatic rings. The van der Waals surface area contributed by atoms with Gasteiger partial charge in [0.25, 0.3) is 5.69 Å². The summed E-state index contributed by atoms with van der Waals surface area (Å²) in [5.74, 6) is 0. The Morgan fingerprint density at radius 3 is 2.47 bits per heavy atom. The molecule has 2 N–H and O–H groups in total. The molecule has 0 radical (unpaired) electrons. The second-order valence-electron chi connectivity index (χ2n) is 3.51. The van der Waals surface area contributed by atoms with Crippen molar-refractivity contribution in [3.05, 3.63) is 56.1 Å². The van der Waals surface area contributed by atoms with Crippen molar-refractivity contribution in [2.24, 2.45) is 0 Å². The number of nitrogen functional groups attached to an aromatic ring is 1. The number of nitrogens with zero attached hydrogens (tertiary/aromatic N) is 1. The van der Waals surface area contributed by atoms with Crippen molar-refractivity contribution >= 4 is 34.0 Å². The highest BCUT2D eigenvalue weighted by atomic mass is 127. The molecule has 0 heterocycles. The first-order chi connectivity index (χ1) is 8.09. The molecular weight excluding hydrogens is 331 g/mol. The molecule has 2 aromatic carbocycles. The first kappa shape index (κ1) is 11.8. The van der Waals surface area contributed by atoms with E-state index in [1.54, 1.807) is 18.2 Å². The Labute approximate surface area is 112 Å². The number of hydrogen-bond donors (Lipinski definition) is 1. The molecule has 0 aliphatic carbocycles. The minimum absolute atomic E-state index is 0.0728. The number of rotatable bonds is 2. The van der Waals surface area contributed by atoms with Crippen LogP contribution >= 0.6 is 22.6 Å². The molecule has 0 spiro atoms. The van der Waals surface area contributed by atoms with Gasteiger partial charge in [0.2, 0.25) is 0 Å². The van der Waals surface area contributed by atoms with Crippen LogP contribution in [0.1, 0.15) is 0 Å². The first-order valence-electron chi connectivity index (χ1n) is 4.88. The van der Waals surface area contributed by atoms with E-state index in [9.17, 15) is 10.1 Å². The van der Waals surface area contributed by atoms with Gasteiger partial charge in [0, 0.05) is 32.5 Å². The lowest BCUT2D eigenvalue weighted by molar-refractivity contribution is -0.384. The van der Waals surface area contributed by atoms with Crippen molar-refractivity contribution in [1.29, 1.82) is 0 Å². The lowest BCUT2D eigenvalue weighted by Crippen LogP contribution is -1.93. The highest BCUT2D eigenvalue weighted by molar-refractivity contribution is 14.1. The van der Waals surface area contributed by atoms with Crippen molar-refractivity contribution in [3.63, 3.8) is 0 Å². The van der Waals surface area contributed by atoms with Crippen LogP contribution in [0, 0.1) is 13.7 Å². The summed E-state index contributed by atoms with van der Waals surface area (Å²) in [4.78, 5) is 10.3. The third kappa shape index (κ3) is 2.38. The summed E-state index contributed by atoms with van der Waals surface area (Å²) < 4.78 is 0.936. The van der Waals surface area contributed by atoms with Gasteiger partial charge < -0.3 is 5.73 Å². The minimum atomic E-state index is -0.404. The van der Waals surface area contributed by atoms with Crippen molar-refractivity contribution in [2.75, 3.05) is 5.73 Å². The zero-order valence-corrected chi connectivity index (χ0v) is 10.9. The Morgan fingerprint density at radius 1 is 1.12 bits per heavy atom. The summed E-state index contributed by atoms with van der Waals surface area (Å²) in [6.07, 6.45) is 0. The molecule has 17 heavy (non-hydrogen) atoms. The van der Waals surface area contributed by atoms with Crippen LogP contribution in [-0.2, 0) is 0 Å². The normalized spacial score (nSPS) is 10.2. The predicted molar refractivity (Wildman–Crippen MR) is 75.7 cm³/mol. The van der Waals surface area contributed by atoms with Crippen molar-refractivity contribution in [2.45, 2.75) is 0 Å². The van der Waals surface area contributed by atoms with E-state index in [2.05, 4.69) is 22.6 Å². The van der Waals surface area contributed by atoms with Crippen LogP contribution in [0.15, 0.2) is 42.5 Å². The SMILES string of the molecule is Nc1ccccc1-c1cc([N+](=O)[O-])ccc1I. The summed E-state index contributed by atoms with van der Waals surface area (Å²) in [6.45, 7) is 0. The highest BCUT2D eigenvalue weighted by Gasteiger charge is 2.12. The highest BCUT2D eigenvalue weighted by Crippen LogP contribution is 2.32. The molecule has 2 rings (SSSR count). The lowest BCUT2D eigenvalue weighted by Gasteiger charge is -2.07. The molecule has 4 nitrogen and oxygen atoms in total. The Hall–Kier alpha value is -1.63. The maximum absolute atomic E-state index is 10.8. The van der Waals surface area contributed by atoms with Crippen LogP contribution in [0.4, 0.5) is 11.4 Å². The van der Waals surface area contributed by atoms with Crippen LogP contribution in [0.2, 0.25) is 0 Å². The van der Waals surface area contributed by atoms with E-state index in [1.165, 1.54) is 6.07 Å². The van der Waals surface area contributed by atoms with E-state index < -0.39 is 4.92 Å². The Morgan fingerprint density at radius 2 is 1.82 bits per heavy atom. The standard InChI is InChI=1S/C12H9IN2O2/c13-11-6-5-8(15(16)17)7-10(11)9-3-1-2-4-12(9)14/h1-7H,14H2. The predicted octanol–water partition coefficient (Wildman–Crippen LogP) is 3.45. The van der Waals surface area contributed by atoms with Crippen molar-refractivity contribution in [1.82, 2.24) is 0 Å². The van der Waals surface area contributed by atoms with Crippen LogP contribution < -0.4 is 5.73 Å². The van der Waals surface area contributed by atoms with Gasteiger partial charge in [0.1, 0.15) is 0 Å². The number of hydrogen-bond acceptors (Lipinski definition) is 3. The fourth-order valence-electron chi connectivity index (χ4n) is 1.58. The summed E-state index contributed by atoms with van der Waals surface area (Å²) in [5, 5.41) is 10.8. The molecule has 86 valence electrons. The van der Waals surface area contributed by atoms with Gasteiger partial charge in [-0.2, -0.15) is 0 Å². The number of nitro groups is 1. The molecule has 0 aromatic heterocycles. The maximum atomic E-state index is 10.8. The fraction of sp³-hybridized carbons (Fsp3) is 0. The third-order valence-electron chi connectivity index (χ3n) is 2.41. The quantitative estimate of drug-likeness (QED) is 0.394. The molecule has 0 aliphatic heterocycles. The Bertz CT molecular complexity index is 584. The second kappa shape index (κ2) is 4.70. The number of para-hydroxylation sites is 1. The zero-order valence-electron chi connectivity index (χ0n) is 8.76. The summed E-state index contributed by atoms with van der Waals surface area (Å²) in [6, 6.07) is 12.1. The number of non-ortho nitro benzene ring substituents is 1. The number of anilines is 1. The summed E-state index contributed by atoms with van der Waals surface area (Å²) in [5.41, 5.74) is 8.17. The Kier molecular flexibility index (Phi) is 3.28. The third-order valence-corrected chi connectivity index (χ3v) is 3.35. The van der Waals surface area contributed by atoms with Crippen molar-refractivity contribution < 1.29 is 4.92 Å². The van der Waals surface area contributed by atoms with Crippen LogP contribution in [0.25, 0.3) is 11.1 Å². The summed E-state index contributed by atoms with van der Waals surface area (Å²) in [7, 11) is 0. The lowest BCUT2D eigenvalue weighted by atomic mass is 10.0. The van der Waals surface area contributed by atoms with Gasteiger partial charge in [0.15, 0.2) is 0 Å². The van der Waals surface area contributed by atoms with Crippen LogP contribution in [-0.4, -0.2) is 4.92 Å². The van der Waals surface area contributed by atoms with Gasteiger partial charge in [-0.15, -0.1) is 0 Å². The summed E-state index contributed by atoms with van der Waals surface area (Å²) >= 11 is 2.14. The fourth-order valence-corrected chi connectivity index (χ4v) is 2.20. The van der Waals surface area contributed by atoms with E-state index >= 15 is 0 Å². The molecule has 0 amide bonds. The smallest absolute Gasteiger partial charge is 0.270 e. The number of nitrogens with two attached hydrogens (primary N) is 1. The average molecular weight is 340 g/mol. The monoisotopic (exact) mass is 340 g/mol. The van der Waals surface area contributed by atoms with E-state index in [0.717, 1.165) is 14.7 Å². The number of nitro benzene ring substituents is 1. The van der Waals surface area contributed by atoms with Gasteiger partial charge in [-0.25, -0.2) is 0 Å². The van der Waals surface area contributed by atoms with Gasteiger partial charge in [-0.05, 0) is 34.7 Å². The Balaban J connectivity index is 2.63. The van der Waals surface area contributed by atoms with Crippen LogP contribution in [0.3, 0.4) is 0 Å². The van der Waals surface area contributed by atoms with Crippen molar-refractivity contribution in [3.8, 4) is 11.1 Å². The molecule has 0 fully saturated rings. The molecule has 0 saturated heterocycles. The zero-order chi connectivity index (χ0) is 12.4. The molecule has 0 atom stereocenters. The van der Waals surface area contributed by atoms with E-state index in [1.807, 2.05) is 18.2 Å². The maximum Gasteiger partial charge on any atom is 0.270 e. The minimum Gasteiger partial charge on any atom is -0.398 e. The second-order valence-corrected chi connectivity index (χ2v) is 4.67. The topological polar surface area (TPSA) is 69.2 Å². The van der Waals surface area contributed by atoms with Gasteiger partial charge in [-0.3, -0.25) is 10.1 Å². The van der Waals surface area contributed by atoms with E-state index in [4.69, 9.17) is 5.73 Å². The number of benzene rings is 2. The molecule has 2 aromatic rings. The molecule has 0 bridgehead atoms.